The van der Waals surface area contributed by atoms with Crippen LogP contribution in [0.3, 0.4) is 0 Å². The fraction of sp³-hybridized carbons (Fsp3) is 0.500. The highest BCUT2D eigenvalue weighted by Gasteiger charge is 2.38. The molecular formula is C14H19N3O2. The number of nitrogens with zero attached hydrogens (tertiary/aromatic N) is 2. The van der Waals surface area contributed by atoms with Crippen LogP contribution in [0.2, 0.25) is 0 Å². The van der Waals surface area contributed by atoms with Crippen LogP contribution in [0.25, 0.3) is 0 Å². The fourth-order valence-electron chi connectivity index (χ4n) is 2.77. The summed E-state index contributed by atoms with van der Waals surface area (Å²) in [7, 11) is 1.66. The van der Waals surface area contributed by atoms with Crippen molar-refractivity contribution in [3.8, 4) is 5.75 Å². The molecule has 1 atom stereocenters. The van der Waals surface area contributed by atoms with Gasteiger partial charge in [-0.15, -0.1) is 0 Å². The molecule has 2 fully saturated rings. The lowest BCUT2D eigenvalue weighted by Crippen LogP contribution is -2.49. The number of ether oxygens (including phenoxy) is 1. The van der Waals surface area contributed by atoms with Crippen LogP contribution in [-0.4, -0.2) is 55.2 Å². The number of rotatable bonds is 3. The molecule has 1 aromatic rings. The van der Waals surface area contributed by atoms with E-state index in [1.54, 1.807) is 7.11 Å². The van der Waals surface area contributed by atoms with Gasteiger partial charge in [0.1, 0.15) is 5.75 Å². The van der Waals surface area contributed by atoms with Crippen LogP contribution in [0.4, 0.5) is 4.79 Å². The Morgan fingerprint density at radius 1 is 1.37 bits per heavy atom. The topological polar surface area (TPSA) is 44.8 Å². The van der Waals surface area contributed by atoms with Crippen molar-refractivity contribution >= 4 is 6.03 Å². The molecule has 0 radical (unpaired) electrons. The zero-order valence-electron chi connectivity index (χ0n) is 11.1. The second-order valence-corrected chi connectivity index (χ2v) is 5.06. The monoisotopic (exact) mass is 261 g/mol. The summed E-state index contributed by atoms with van der Waals surface area (Å²) in [6, 6.07) is 8.40. The van der Waals surface area contributed by atoms with E-state index in [2.05, 4.69) is 5.32 Å². The van der Waals surface area contributed by atoms with Gasteiger partial charge in [0.05, 0.1) is 13.2 Å². The summed E-state index contributed by atoms with van der Waals surface area (Å²) in [6.45, 7) is 4.12. The van der Waals surface area contributed by atoms with Crippen LogP contribution in [0.1, 0.15) is 5.56 Å². The lowest BCUT2D eigenvalue weighted by atomic mass is 10.2. The lowest BCUT2D eigenvalue weighted by Gasteiger charge is -2.28. The lowest BCUT2D eigenvalue weighted by molar-refractivity contribution is 0.178. The van der Waals surface area contributed by atoms with Crippen LogP contribution in [0, 0.1) is 0 Å². The van der Waals surface area contributed by atoms with Gasteiger partial charge >= 0.3 is 6.03 Å². The van der Waals surface area contributed by atoms with Crippen molar-refractivity contribution in [2.24, 2.45) is 0 Å². The van der Waals surface area contributed by atoms with Crippen molar-refractivity contribution < 1.29 is 9.53 Å². The minimum absolute atomic E-state index is 0.169. The number of carbonyl (C=O) groups excluding carboxylic acids is 1. The number of benzene rings is 1. The molecule has 1 unspecified atom stereocenters. The van der Waals surface area contributed by atoms with Crippen LogP contribution in [-0.2, 0) is 6.54 Å². The van der Waals surface area contributed by atoms with E-state index in [4.69, 9.17) is 4.74 Å². The third-order valence-corrected chi connectivity index (χ3v) is 3.83. The second-order valence-electron chi connectivity index (χ2n) is 5.06. The largest absolute Gasteiger partial charge is 0.497 e. The van der Waals surface area contributed by atoms with Gasteiger partial charge in [0.25, 0.3) is 0 Å². The zero-order valence-corrected chi connectivity index (χ0v) is 11.1. The van der Waals surface area contributed by atoms with Gasteiger partial charge in [-0.1, -0.05) is 12.1 Å². The summed E-state index contributed by atoms with van der Waals surface area (Å²) >= 11 is 0. The molecule has 0 spiro atoms. The van der Waals surface area contributed by atoms with Crippen molar-refractivity contribution in [3.05, 3.63) is 29.8 Å². The van der Waals surface area contributed by atoms with Gasteiger partial charge in [0.15, 0.2) is 0 Å². The first kappa shape index (κ1) is 12.3. The molecule has 3 rings (SSSR count). The van der Waals surface area contributed by atoms with Crippen molar-refractivity contribution in [1.29, 1.82) is 0 Å². The molecule has 0 aromatic heterocycles. The quantitative estimate of drug-likeness (QED) is 0.879. The molecule has 5 heteroatoms. The van der Waals surface area contributed by atoms with E-state index in [1.165, 1.54) is 0 Å². The van der Waals surface area contributed by atoms with E-state index >= 15 is 0 Å². The van der Waals surface area contributed by atoms with Crippen molar-refractivity contribution in [3.63, 3.8) is 0 Å². The number of amides is 2. The molecule has 0 saturated carbocycles. The third kappa shape index (κ3) is 2.38. The summed E-state index contributed by atoms with van der Waals surface area (Å²) in [5.74, 6) is 0.845. The summed E-state index contributed by atoms with van der Waals surface area (Å²) in [4.78, 5) is 16.2. The Bertz CT molecular complexity index is 460. The van der Waals surface area contributed by atoms with Crippen molar-refractivity contribution in [2.45, 2.75) is 12.6 Å². The normalized spacial score (nSPS) is 22.6. The Morgan fingerprint density at radius 2 is 2.16 bits per heavy atom. The Balaban J connectivity index is 1.67. The molecule has 2 amide bonds. The average molecular weight is 261 g/mol. The SMILES string of the molecule is COc1ccc(CN2CC3CNCCN3C2=O)cc1. The highest BCUT2D eigenvalue weighted by atomic mass is 16.5. The molecule has 2 aliphatic rings. The molecular weight excluding hydrogens is 242 g/mol. The van der Waals surface area contributed by atoms with Crippen LogP contribution in [0.15, 0.2) is 24.3 Å². The number of carbonyl (C=O) groups is 1. The minimum Gasteiger partial charge on any atom is -0.497 e. The van der Waals surface area contributed by atoms with Gasteiger partial charge in [0, 0.05) is 32.7 Å². The highest BCUT2D eigenvalue weighted by Crippen LogP contribution is 2.20. The van der Waals surface area contributed by atoms with E-state index in [0.29, 0.717) is 12.6 Å². The Kier molecular flexibility index (Phi) is 3.29. The number of hydrogen-bond donors (Lipinski definition) is 1. The van der Waals surface area contributed by atoms with Gasteiger partial charge in [-0.3, -0.25) is 0 Å². The van der Waals surface area contributed by atoms with Crippen LogP contribution < -0.4 is 10.1 Å². The van der Waals surface area contributed by atoms with Gasteiger partial charge in [0.2, 0.25) is 0 Å². The maximum absolute atomic E-state index is 12.3. The van der Waals surface area contributed by atoms with Gasteiger partial charge in [-0.05, 0) is 17.7 Å². The molecule has 19 heavy (non-hydrogen) atoms. The van der Waals surface area contributed by atoms with Crippen molar-refractivity contribution in [2.75, 3.05) is 33.3 Å². The maximum atomic E-state index is 12.3. The van der Waals surface area contributed by atoms with E-state index in [-0.39, 0.29) is 6.03 Å². The molecule has 0 aliphatic carbocycles. The summed E-state index contributed by atoms with van der Waals surface area (Å²) < 4.78 is 5.14. The smallest absolute Gasteiger partial charge is 0.320 e. The minimum atomic E-state index is 0.169. The summed E-state index contributed by atoms with van der Waals surface area (Å²) in [6.07, 6.45) is 0. The average Bonchev–Trinajstić information content (AvgIpc) is 2.77. The standard InChI is InChI=1S/C14H19N3O2/c1-19-13-4-2-11(3-5-13)9-16-10-12-8-15-6-7-17(12)14(16)18/h2-5,12,15H,6-10H2,1H3. The van der Waals surface area contributed by atoms with E-state index in [9.17, 15) is 4.79 Å². The fourth-order valence-corrected chi connectivity index (χ4v) is 2.77. The Hall–Kier alpha value is -1.75. The molecule has 2 heterocycles. The van der Waals surface area contributed by atoms with Gasteiger partial charge < -0.3 is 19.9 Å². The molecule has 1 aromatic carbocycles. The van der Waals surface area contributed by atoms with Crippen LogP contribution in [0.5, 0.6) is 5.75 Å². The number of urea groups is 1. The Labute approximate surface area is 113 Å². The predicted octanol–water partition coefficient (Wildman–Crippen LogP) is 0.905. The van der Waals surface area contributed by atoms with Crippen LogP contribution >= 0.6 is 0 Å². The Morgan fingerprint density at radius 3 is 2.84 bits per heavy atom. The van der Waals surface area contributed by atoms with Gasteiger partial charge in [-0.25, -0.2) is 4.79 Å². The number of methoxy groups -OCH3 is 1. The molecule has 102 valence electrons. The first-order chi connectivity index (χ1) is 9.28. The first-order valence-electron chi connectivity index (χ1n) is 6.67. The highest BCUT2D eigenvalue weighted by molar-refractivity contribution is 5.77. The zero-order chi connectivity index (χ0) is 13.2. The number of hydrogen-bond acceptors (Lipinski definition) is 3. The van der Waals surface area contributed by atoms with Gasteiger partial charge in [-0.2, -0.15) is 0 Å². The molecule has 0 bridgehead atoms. The molecule has 2 saturated heterocycles. The molecule has 5 nitrogen and oxygen atoms in total. The van der Waals surface area contributed by atoms with E-state index in [1.807, 2.05) is 34.1 Å². The number of fused-ring (bicyclic) bond motifs is 1. The number of nitrogens with one attached hydrogen (secondary N) is 1. The maximum Gasteiger partial charge on any atom is 0.320 e. The van der Waals surface area contributed by atoms with E-state index < -0.39 is 0 Å². The molecule has 2 aliphatic heterocycles. The summed E-state index contributed by atoms with van der Waals surface area (Å²) in [5, 5.41) is 3.34. The van der Waals surface area contributed by atoms with Crippen molar-refractivity contribution in [1.82, 2.24) is 15.1 Å². The first-order valence-corrected chi connectivity index (χ1v) is 6.67. The van der Waals surface area contributed by atoms with E-state index in [0.717, 1.165) is 37.5 Å². The molecule has 1 N–H and O–H groups in total. The predicted molar refractivity (Wildman–Crippen MR) is 72.2 cm³/mol. The summed E-state index contributed by atoms with van der Waals surface area (Å²) in [5.41, 5.74) is 1.14. The second kappa shape index (κ2) is 5.09. The third-order valence-electron chi connectivity index (χ3n) is 3.83. The number of piperazine rings is 1.